The van der Waals surface area contributed by atoms with Gasteiger partial charge < -0.3 is 5.11 Å². The second-order valence-corrected chi connectivity index (χ2v) is 2.78. The van der Waals surface area contributed by atoms with Gasteiger partial charge in [0.2, 0.25) is 0 Å². The number of carbonyl (C=O) groups is 1. The molecule has 2 aromatic heterocycles. The van der Waals surface area contributed by atoms with Crippen molar-refractivity contribution in [3.8, 4) is 0 Å². The highest BCUT2D eigenvalue weighted by Gasteiger charge is 2.09. The first kappa shape index (κ1) is 8.00. The van der Waals surface area contributed by atoms with Crippen molar-refractivity contribution in [3.63, 3.8) is 0 Å². The number of carboxylic acid groups (broad SMARTS) is 1. The van der Waals surface area contributed by atoms with Gasteiger partial charge in [0, 0.05) is 6.20 Å². The molecule has 0 saturated heterocycles. The molecule has 0 bridgehead atoms. The second-order valence-electron chi connectivity index (χ2n) is 2.39. The Hall–Kier alpha value is -1.62. The third kappa shape index (κ3) is 1.23. The number of aromatic carboxylic acids is 1. The van der Waals surface area contributed by atoms with E-state index in [1.807, 2.05) is 0 Å². The molecule has 66 valence electrons. The number of halogens is 1. The Labute approximate surface area is 77.6 Å². The third-order valence-electron chi connectivity index (χ3n) is 1.55. The number of rotatable bonds is 1. The van der Waals surface area contributed by atoms with E-state index in [-0.39, 0.29) is 5.69 Å². The number of nitrogens with zero attached hydrogens (tertiary/aromatic N) is 3. The normalized spacial score (nSPS) is 10.5. The van der Waals surface area contributed by atoms with Crippen molar-refractivity contribution < 1.29 is 9.90 Å². The van der Waals surface area contributed by atoms with Crippen molar-refractivity contribution >= 4 is 23.2 Å². The largest absolute Gasteiger partial charge is 0.476 e. The molecule has 1 N–H and O–H groups in total. The quantitative estimate of drug-likeness (QED) is 0.743. The van der Waals surface area contributed by atoms with E-state index in [0.29, 0.717) is 10.8 Å². The smallest absolute Gasteiger partial charge is 0.356 e. The molecule has 0 aliphatic rings. The number of fused-ring (bicyclic) bond motifs is 1. The molecular weight excluding hydrogens is 194 g/mol. The number of hydrogen-bond acceptors (Lipinski definition) is 3. The second kappa shape index (κ2) is 2.70. The summed E-state index contributed by atoms with van der Waals surface area (Å²) in [4.78, 5) is 18.1. The molecule has 2 aromatic rings. The first-order valence-corrected chi connectivity index (χ1v) is 3.78. The van der Waals surface area contributed by atoms with Crippen LogP contribution in [0, 0.1) is 0 Å². The van der Waals surface area contributed by atoms with Crippen molar-refractivity contribution in [1.82, 2.24) is 14.4 Å². The van der Waals surface area contributed by atoms with Gasteiger partial charge in [-0.3, -0.25) is 9.38 Å². The van der Waals surface area contributed by atoms with E-state index in [1.165, 1.54) is 23.0 Å². The van der Waals surface area contributed by atoms with Gasteiger partial charge in [-0.15, -0.1) is 0 Å². The first-order valence-electron chi connectivity index (χ1n) is 3.40. The van der Waals surface area contributed by atoms with Crippen LogP contribution in [0.1, 0.15) is 10.5 Å². The van der Waals surface area contributed by atoms with Gasteiger partial charge in [0.1, 0.15) is 5.15 Å². The van der Waals surface area contributed by atoms with Crippen molar-refractivity contribution in [2.75, 3.05) is 0 Å². The minimum absolute atomic E-state index is 0.0464. The number of aromatic nitrogens is 3. The molecule has 0 aliphatic heterocycles. The van der Waals surface area contributed by atoms with E-state index >= 15 is 0 Å². The summed E-state index contributed by atoms with van der Waals surface area (Å²) in [7, 11) is 0. The predicted molar refractivity (Wildman–Crippen MR) is 45.0 cm³/mol. The zero-order valence-corrected chi connectivity index (χ0v) is 7.06. The minimum atomic E-state index is -1.08. The van der Waals surface area contributed by atoms with E-state index in [0.717, 1.165) is 0 Å². The third-order valence-corrected chi connectivity index (χ3v) is 1.83. The summed E-state index contributed by atoms with van der Waals surface area (Å²) in [6, 6.07) is 0. The molecule has 0 radical (unpaired) electrons. The molecule has 0 atom stereocenters. The lowest BCUT2D eigenvalue weighted by Gasteiger charge is -1.92. The number of carboxylic acids is 1. The van der Waals surface area contributed by atoms with Crippen LogP contribution in [0.5, 0.6) is 0 Å². The van der Waals surface area contributed by atoms with E-state index in [2.05, 4.69) is 9.97 Å². The monoisotopic (exact) mass is 197 g/mol. The molecule has 6 heteroatoms. The SMILES string of the molecule is O=C(O)c1cn2c(Cl)cncc2n1. The Morgan fingerprint density at radius 2 is 2.31 bits per heavy atom. The Morgan fingerprint density at radius 1 is 1.54 bits per heavy atom. The van der Waals surface area contributed by atoms with Crippen LogP contribution in [0.3, 0.4) is 0 Å². The van der Waals surface area contributed by atoms with Crippen LogP contribution in [0.25, 0.3) is 5.65 Å². The highest BCUT2D eigenvalue weighted by Crippen LogP contribution is 2.11. The minimum Gasteiger partial charge on any atom is -0.476 e. The van der Waals surface area contributed by atoms with Crippen LogP contribution in [0.4, 0.5) is 0 Å². The maximum Gasteiger partial charge on any atom is 0.356 e. The van der Waals surface area contributed by atoms with E-state index in [1.54, 1.807) is 0 Å². The summed E-state index contributed by atoms with van der Waals surface area (Å²) in [6.45, 7) is 0. The summed E-state index contributed by atoms with van der Waals surface area (Å²) in [5, 5.41) is 8.97. The highest BCUT2D eigenvalue weighted by molar-refractivity contribution is 6.29. The van der Waals surface area contributed by atoms with Gasteiger partial charge in [-0.25, -0.2) is 9.78 Å². The lowest BCUT2D eigenvalue weighted by Crippen LogP contribution is -1.94. The molecule has 5 nitrogen and oxygen atoms in total. The summed E-state index contributed by atoms with van der Waals surface area (Å²) in [5.41, 5.74) is 0.375. The van der Waals surface area contributed by atoms with Crippen molar-refractivity contribution in [3.05, 3.63) is 29.4 Å². The predicted octanol–water partition coefficient (Wildman–Crippen LogP) is 1.08. The molecule has 13 heavy (non-hydrogen) atoms. The van der Waals surface area contributed by atoms with Crippen LogP contribution in [-0.4, -0.2) is 25.4 Å². The molecule has 0 fully saturated rings. The molecule has 0 amide bonds. The van der Waals surface area contributed by atoms with Gasteiger partial charge >= 0.3 is 5.97 Å². The average molecular weight is 198 g/mol. The van der Waals surface area contributed by atoms with E-state index in [9.17, 15) is 4.79 Å². The average Bonchev–Trinajstić information content (AvgIpc) is 2.49. The van der Waals surface area contributed by atoms with Crippen LogP contribution < -0.4 is 0 Å². The standard InChI is InChI=1S/C7H4ClN3O2/c8-5-1-9-2-6-10-4(7(12)13)3-11(5)6/h1-3H,(H,12,13). The first-order chi connectivity index (χ1) is 6.18. The summed E-state index contributed by atoms with van der Waals surface area (Å²) < 4.78 is 1.46. The Kier molecular flexibility index (Phi) is 1.66. The molecule has 0 saturated carbocycles. The fourth-order valence-corrected chi connectivity index (χ4v) is 1.18. The fourth-order valence-electron chi connectivity index (χ4n) is 0.987. The lowest BCUT2D eigenvalue weighted by molar-refractivity contribution is 0.0691. The summed E-state index contributed by atoms with van der Waals surface area (Å²) in [6.07, 6.45) is 4.21. The molecule has 0 unspecified atom stereocenters. The van der Waals surface area contributed by atoms with Gasteiger partial charge in [0.05, 0.1) is 12.4 Å². The van der Waals surface area contributed by atoms with Crippen LogP contribution >= 0.6 is 11.6 Å². The molecular formula is C7H4ClN3O2. The molecule has 2 rings (SSSR count). The number of hydrogen-bond donors (Lipinski definition) is 1. The maximum absolute atomic E-state index is 10.5. The van der Waals surface area contributed by atoms with Crippen LogP contribution in [-0.2, 0) is 0 Å². The van der Waals surface area contributed by atoms with Crippen LogP contribution in [0.15, 0.2) is 18.6 Å². The van der Waals surface area contributed by atoms with Crippen molar-refractivity contribution in [2.45, 2.75) is 0 Å². The van der Waals surface area contributed by atoms with E-state index < -0.39 is 5.97 Å². The lowest BCUT2D eigenvalue weighted by atomic mass is 10.5. The molecule has 2 heterocycles. The fraction of sp³-hybridized carbons (Fsp3) is 0. The Morgan fingerprint density at radius 3 is 2.92 bits per heavy atom. The maximum atomic E-state index is 10.5. The van der Waals surface area contributed by atoms with Gasteiger partial charge in [-0.1, -0.05) is 11.6 Å². The van der Waals surface area contributed by atoms with Gasteiger partial charge in [-0.05, 0) is 0 Å². The molecule has 0 spiro atoms. The summed E-state index contributed by atoms with van der Waals surface area (Å²) >= 11 is 5.74. The topological polar surface area (TPSA) is 67.5 Å². The molecule has 0 aromatic carbocycles. The Balaban J connectivity index is 2.75. The van der Waals surface area contributed by atoms with E-state index in [4.69, 9.17) is 16.7 Å². The highest BCUT2D eigenvalue weighted by atomic mass is 35.5. The zero-order valence-electron chi connectivity index (χ0n) is 6.31. The Bertz CT molecular complexity index is 480. The van der Waals surface area contributed by atoms with Gasteiger partial charge in [0.25, 0.3) is 0 Å². The molecule has 0 aliphatic carbocycles. The van der Waals surface area contributed by atoms with Crippen molar-refractivity contribution in [1.29, 1.82) is 0 Å². The summed E-state index contributed by atoms with van der Waals surface area (Å²) in [5.74, 6) is -1.08. The van der Waals surface area contributed by atoms with Gasteiger partial charge in [-0.2, -0.15) is 0 Å². The van der Waals surface area contributed by atoms with Gasteiger partial charge in [0.15, 0.2) is 11.3 Å². The van der Waals surface area contributed by atoms with Crippen LogP contribution in [0.2, 0.25) is 5.15 Å². The van der Waals surface area contributed by atoms with Crippen molar-refractivity contribution in [2.24, 2.45) is 0 Å². The number of imidazole rings is 1. The zero-order chi connectivity index (χ0) is 9.42.